The van der Waals surface area contributed by atoms with Crippen LogP contribution in [-0.2, 0) is 43.1 Å². The molecule has 1 aliphatic heterocycles. The first kappa shape index (κ1) is 29.2. The molecule has 8 heteroatoms. The van der Waals surface area contributed by atoms with Gasteiger partial charge in [0.05, 0.1) is 33.5 Å². The van der Waals surface area contributed by atoms with E-state index in [1.54, 1.807) is 31.4 Å². The first-order chi connectivity index (χ1) is 20.1. The topological polar surface area (TPSA) is 83.5 Å². The fourth-order valence-corrected chi connectivity index (χ4v) is 7.15. The van der Waals surface area contributed by atoms with Crippen molar-refractivity contribution < 1.29 is 33.1 Å². The van der Waals surface area contributed by atoms with Gasteiger partial charge < -0.3 is 28.6 Å². The lowest BCUT2D eigenvalue weighted by Gasteiger charge is -2.44. The van der Waals surface area contributed by atoms with Gasteiger partial charge in [0.1, 0.15) is 24.1 Å². The molecule has 5 rings (SSSR count). The molecule has 7 nitrogen and oxygen atoms in total. The third-order valence-corrected chi connectivity index (χ3v) is 9.61. The molecule has 0 saturated carbocycles. The van der Waals surface area contributed by atoms with Crippen LogP contribution in [0.2, 0.25) is 0 Å². The summed E-state index contributed by atoms with van der Waals surface area (Å²) in [6.45, 7) is 0.895. The zero-order valence-corrected chi connectivity index (χ0v) is 23.8. The van der Waals surface area contributed by atoms with Crippen LogP contribution in [0.25, 0.3) is 0 Å². The van der Waals surface area contributed by atoms with E-state index in [1.165, 1.54) is 0 Å². The first-order valence-corrected chi connectivity index (χ1v) is 15.3. The van der Waals surface area contributed by atoms with Gasteiger partial charge in [-0.15, -0.1) is 0 Å². The highest BCUT2D eigenvalue weighted by Crippen LogP contribution is 2.57. The minimum Gasteiger partial charge on any atom is -0.497 e. The third-order valence-electron chi connectivity index (χ3n) is 7.02. The van der Waals surface area contributed by atoms with Gasteiger partial charge in [0, 0.05) is 5.30 Å². The van der Waals surface area contributed by atoms with Gasteiger partial charge in [0.2, 0.25) is 0 Å². The Bertz CT molecular complexity index is 1380. The molecule has 1 saturated heterocycles. The molecule has 41 heavy (non-hydrogen) atoms. The van der Waals surface area contributed by atoms with Crippen molar-refractivity contribution in [3.05, 3.63) is 132 Å². The molecule has 4 aromatic carbocycles. The molecular formula is C33H35O7P. The summed E-state index contributed by atoms with van der Waals surface area (Å²) in [7, 11) is -2.29. The average Bonchev–Trinajstić information content (AvgIpc) is 3.03. The number of ether oxygens (including phenoxy) is 4. The normalized spacial score (nSPS) is 24.1. The summed E-state index contributed by atoms with van der Waals surface area (Å²) in [5.41, 5.74) is 2.88. The van der Waals surface area contributed by atoms with E-state index in [2.05, 4.69) is 0 Å². The quantitative estimate of drug-likeness (QED) is 0.217. The van der Waals surface area contributed by atoms with Crippen molar-refractivity contribution in [1.29, 1.82) is 0 Å². The molecule has 0 aromatic heterocycles. The van der Waals surface area contributed by atoms with Crippen LogP contribution in [0, 0.1) is 0 Å². The predicted molar refractivity (Wildman–Crippen MR) is 157 cm³/mol. The van der Waals surface area contributed by atoms with Crippen LogP contribution in [0.1, 0.15) is 16.7 Å². The van der Waals surface area contributed by atoms with Gasteiger partial charge in [-0.05, 0) is 41.0 Å². The maximum Gasteiger partial charge on any atom is 0.262 e. The van der Waals surface area contributed by atoms with Crippen molar-refractivity contribution in [2.45, 2.75) is 44.0 Å². The minimum absolute atomic E-state index is 0.0897. The van der Waals surface area contributed by atoms with Crippen molar-refractivity contribution in [3.8, 4) is 5.75 Å². The van der Waals surface area contributed by atoms with Gasteiger partial charge >= 0.3 is 0 Å². The van der Waals surface area contributed by atoms with E-state index in [9.17, 15) is 9.67 Å². The summed E-state index contributed by atoms with van der Waals surface area (Å²) >= 11 is 0. The Kier molecular flexibility index (Phi) is 10.0. The van der Waals surface area contributed by atoms with Crippen molar-refractivity contribution in [2.75, 3.05) is 13.7 Å². The molecule has 4 aromatic rings. The second-order valence-corrected chi connectivity index (χ2v) is 12.3. The Morgan fingerprint density at radius 2 is 1.17 bits per heavy atom. The number of methoxy groups -OCH3 is 1. The van der Waals surface area contributed by atoms with Gasteiger partial charge in [-0.1, -0.05) is 91.0 Å². The SMILES string of the molecule is COc1ccc(P2(=O)O[C@H](COCc3ccccc3)[C@@H](OCc3ccccc3)[C@H](OCc3ccccc3)C2O)cc1. The highest BCUT2D eigenvalue weighted by atomic mass is 31.2. The zero-order valence-electron chi connectivity index (χ0n) is 23.0. The molecule has 5 atom stereocenters. The maximum absolute atomic E-state index is 14.5. The van der Waals surface area contributed by atoms with Gasteiger partial charge in [0.25, 0.3) is 7.37 Å². The van der Waals surface area contributed by atoms with Gasteiger partial charge in [-0.25, -0.2) is 0 Å². The van der Waals surface area contributed by atoms with Crippen LogP contribution in [0.5, 0.6) is 5.75 Å². The lowest BCUT2D eigenvalue weighted by molar-refractivity contribution is -0.174. The molecule has 214 valence electrons. The van der Waals surface area contributed by atoms with Gasteiger partial charge in [0.15, 0.2) is 5.85 Å². The molecule has 1 fully saturated rings. The summed E-state index contributed by atoms with van der Waals surface area (Å²) in [6, 6.07) is 35.9. The van der Waals surface area contributed by atoms with Crippen LogP contribution in [0.15, 0.2) is 115 Å². The third kappa shape index (κ3) is 7.32. The Hall–Kier alpha value is -3.29. The van der Waals surface area contributed by atoms with Crippen molar-refractivity contribution >= 4 is 12.7 Å². The molecular weight excluding hydrogens is 539 g/mol. The van der Waals surface area contributed by atoms with E-state index in [-0.39, 0.29) is 19.8 Å². The Balaban J connectivity index is 1.45. The average molecular weight is 575 g/mol. The van der Waals surface area contributed by atoms with Crippen LogP contribution < -0.4 is 10.0 Å². The van der Waals surface area contributed by atoms with E-state index >= 15 is 0 Å². The summed E-state index contributed by atoms with van der Waals surface area (Å²) < 4.78 is 44.9. The summed E-state index contributed by atoms with van der Waals surface area (Å²) in [5.74, 6) is -0.860. The largest absolute Gasteiger partial charge is 0.497 e. The molecule has 0 radical (unpaired) electrons. The Morgan fingerprint density at radius 1 is 0.683 bits per heavy atom. The summed E-state index contributed by atoms with van der Waals surface area (Å²) in [4.78, 5) is 0. The summed E-state index contributed by atoms with van der Waals surface area (Å²) in [6.07, 6.45) is -2.49. The van der Waals surface area contributed by atoms with Crippen molar-refractivity contribution in [3.63, 3.8) is 0 Å². The number of rotatable bonds is 12. The zero-order chi connectivity index (χ0) is 28.5. The highest BCUT2D eigenvalue weighted by molar-refractivity contribution is 7.67. The van der Waals surface area contributed by atoms with Crippen LogP contribution >= 0.6 is 7.37 Å². The lowest BCUT2D eigenvalue weighted by atomic mass is 10.1. The number of hydrogen-bond acceptors (Lipinski definition) is 7. The molecule has 0 spiro atoms. The molecule has 0 amide bonds. The highest BCUT2D eigenvalue weighted by Gasteiger charge is 2.54. The van der Waals surface area contributed by atoms with Gasteiger partial charge in [-0.3, -0.25) is 4.57 Å². The number of benzene rings is 4. The number of aliphatic hydroxyl groups excluding tert-OH is 1. The molecule has 2 unspecified atom stereocenters. The van der Waals surface area contributed by atoms with E-state index in [0.29, 0.717) is 17.7 Å². The van der Waals surface area contributed by atoms with Crippen molar-refractivity contribution in [1.82, 2.24) is 0 Å². The second-order valence-electron chi connectivity index (χ2n) is 9.88. The maximum atomic E-state index is 14.5. The van der Waals surface area contributed by atoms with Gasteiger partial charge in [-0.2, -0.15) is 0 Å². The predicted octanol–water partition coefficient (Wildman–Crippen LogP) is 5.70. The molecule has 1 aliphatic rings. The van der Waals surface area contributed by atoms with E-state index in [1.807, 2.05) is 91.0 Å². The standard InChI is InChI=1S/C33H35O7P/c1-36-28-17-19-29(20-18-28)41(35)33(34)32(39-23-27-15-9-4-10-16-27)31(38-22-26-13-7-3-8-14-26)30(40-41)24-37-21-25-11-5-2-6-12-25/h2-20,30-34H,21-24H2,1H3/t30-,31-,32+,33?,41?/m1/s1. The van der Waals surface area contributed by atoms with Crippen molar-refractivity contribution in [2.24, 2.45) is 0 Å². The fraction of sp³-hybridized carbons (Fsp3) is 0.273. The second kappa shape index (κ2) is 14.1. The smallest absolute Gasteiger partial charge is 0.262 e. The van der Waals surface area contributed by atoms with E-state index in [4.69, 9.17) is 23.5 Å². The van der Waals surface area contributed by atoms with Crippen LogP contribution in [0.3, 0.4) is 0 Å². The van der Waals surface area contributed by atoms with E-state index < -0.39 is 31.5 Å². The first-order valence-electron chi connectivity index (χ1n) is 13.6. The lowest BCUT2D eigenvalue weighted by Crippen LogP contribution is -2.55. The number of hydrogen-bond donors (Lipinski definition) is 1. The Morgan fingerprint density at radius 3 is 1.68 bits per heavy atom. The monoisotopic (exact) mass is 574 g/mol. The number of aliphatic hydroxyl groups is 1. The molecule has 1 N–H and O–H groups in total. The fourth-order valence-electron chi connectivity index (χ4n) is 4.81. The molecule has 0 bridgehead atoms. The Labute approximate surface area is 241 Å². The summed E-state index contributed by atoms with van der Waals surface area (Å²) in [5, 5.41) is 12.0. The minimum atomic E-state index is -3.85. The van der Waals surface area contributed by atoms with E-state index in [0.717, 1.165) is 16.7 Å². The molecule has 1 heterocycles. The molecule has 0 aliphatic carbocycles. The van der Waals surface area contributed by atoms with Crippen LogP contribution in [0.4, 0.5) is 0 Å². The van der Waals surface area contributed by atoms with Crippen LogP contribution in [-0.4, -0.2) is 43.0 Å².